The van der Waals surface area contributed by atoms with Crippen molar-refractivity contribution in [3.8, 4) is 0 Å². The Hall–Kier alpha value is -2.07. The molecule has 2 aromatic carbocycles. The van der Waals surface area contributed by atoms with Crippen molar-refractivity contribution in [2.24, 2.45) is 0 Å². The fourth-order valence-electron chi connectivity index (χ4n) is 2.51. The summed E-state index contributed by atoms with van der Waals surface area (Å²) in [7, 11) is 0. The van der Waals surface area contributed by atoms with Crippen LogP contribution in [0.15, 0.2) is 42.5 Å². The van der Waals surface area contributed by atoms with Crippen LogP contribution >= 0.6 is 0 Å². The summed E-state index contributed by atoms with van der Waals surface area (Å²) in [5.74, 6) is 0. The molecule has 1 saturated heterocycles. The second-order valence-electron chi connectivity index (χ2n) is 5.03. The van der Waals surface area contributed by atoms with Crippen LogP contribution in [0.3, 0.4) is 0 Å². The van der Waals surface area contributed by atoms with Crippen LogP contribution in [0.5, 0.6) is 0 Å². The van der Waals surface area contributed by atoms with Gasteiger partial charge < -0.3 is 15.4 Å². The zero-order valence-electron chi connectivity index (χ0n) is 11.3. The van der Waals surface area contributed by atoms with E-state index >= 15 is 0 Å². The smallest absolute Gasteiger partial charge is 0.315 e. The summed E-state index contributed by atoms with van der Waals surface area (Å²) in [6.07, 6.45) is 0.891. The summed E-state index contributed by atoms with van der Waals surface area (Å²) >= 11 is 0. The molecule has 1 fully saturated rings. The van der Waals surface area contributed by atoms with Gasteiger partial charge in [-0.05, 0) is 22.8 Å². The lowest BCUT2D eigenvalue weighted by molar-refractivity contribution is 0.188. The highest BCUT2D eigenvalue weighted by atomic mass is 16.5. The van der Waals surface area contributed by atoms with Crippen molar-refractivity contribution in [1.29, 1.82) is 0 Å². The largest absolute Gasteiger partial charge is 0.379 e. The third-order valence-corrected chi connectivity index (χ3v) is 3.58. The molecular weight excluding hydrogens is 252 g/mol. The molecule has 0 saturated carbocycles. The molecule has 4 nitrogen and oxygen atoms in total. The third-order valence-electron chi connectivity index (χ3n) is 3.58. The molecule has 3 rings (SSSR count). The SMILES string of the molecule is O=C(NCc1cccc2ccccc12)NC1CCOC1. The third kappa shape index (κ3) is 2.91. The number of ether oxygens (including phenoxy) is 1. The number of hydrogen-bond donors (Lipinski definition) is 2. The number of amides is 2. The van der Waals surface area contributed by atoms with E-state index in [0.29, 0.717) is 13.2 Å². The molecule has 2 N–H and O–H groups in total. The molecular formula is C16H18N2O2. The van der Waals surface area contributed by atoms with Gasteiger partial charge >= 0.3 is 6.03 Å². The van der Waals surface area contributed by atoms with Gasteiger partial charge in [0, 0.05) is 13.2 Å². The first-order valence-corrected chi connectivity index (χ1v) is 6.92. The first kappa shape index (κ1) is 12.9. The van der Waals surface area contributed by atoms with Gasteiger partial charge in [0.05, 0.1) is 12.6 Å². The summed E-state index contributed by atoms with van der Waals surface area (Å²) < 4.78 is 5.24. The number of fused-ring (bicyclic) bond motifs is 1. The molecule has 2 aromatic rings. The molecule has 0 aliphatic carbocycles. The van der Waals surface area contributed by atoms with Crippen molar-refractivity contribution in [3.05, 3.63) is 48.0 Å². The van der Waals surface area contributed by atoms with Crippen molar-refractivity contribution in [3.63, 3.8) is 0 Å². The van der Waals surface area contributed by atoms with Crippen molar-refractivity contribution in [1.82, 2.24) is 10.6 Å². The van der Waals surface area contributed by atoms with Gasteiger partial charge in [-0.3, -0.25) is 0 Å². The highest BCUT2D eigenvalue weighted by molar-refractivity contribution is 5.86. The molecule has 0 bridgehead atoms. The highest BCUT2D eigenvalue weighted by Gasteiger charge is 2.17. The maximum atomic E-state index is 11.8. The highest BCUT2D eigenvalue weighted by Crippen LogP contribution is 2.18. The molecule has 1 aliphatic heterocycles. The summed E-state index contributed by atoms with van der Waals surface area (Å²) in [5, 5.41) is 8.21. The lowest BCUT2D eigenvalue weighted by atomic mass is 10.0. The number of rotatable bonds is 3. The van der Waals surface area contributed by atoms with Gasteiger partial charge in [-0.15, -0.1) is 0 Å². The van der Waals surface area contributed by atoms with Gasteiger partial charge in [0.1, 0.15) is 0 Å². The van der Waals surface area contributed by atoms with E-state index in [4.69, 9.17) is 4.74 Å². The van der Waals surface area contributed by atoms with Crippen LogP contribution < -0.4 is 10.6 Å². The Balaban J connectivity index is 1.63. The molecule has 1 heterocycles. The predicted octanol–water partition coefficient (Wildman–Crippen LogP) is 2.43. The zero-order chi connectivity index (χ0) is 13.8. The minimum absolute atomic E-state index is 0.131. The number of hydrogen-bond acceptors (Lipinski definition) is 2. The Bertz CT molecular complexity index is 601. The Morgan fingerprint density at radius 2 is 2.05 bits per heavy atom. The number of carbonyl (C=O) groups is 1. The number of urea groups is 1. The van der Waals surface area contributed by atoms with Gasteiger partial charge in [-0.1, -0.05) is 42.5 Å². The topological polar surface area (TPSA) is 50.4 Å². The second-order valence-corrected chi connectivity index (χ2v) is 5.03. The van der Waals surface area contributed by atoms with E-state index in [1.54, 1.807) is 0 Å². The summed E-state index contributed by atoms with van der Waals surface area (Å²) in [4.78, 5) is 11.8. The van der Waals surface area contributed by atoms with Crippen LogP contribution in [0.1, 0.15) is 12.0 Å². The van der Waals surface area contributed by atoms with Gasteiger partial charge in [0.25, 0.3) is 0 Å². The van der Waals surface area contributed by atoms with E-state index < -0.39 is 0 Å². The van der Waals surface area contributed by atoms with Crippen LogP contribution in [0.25, 0.3) is 10.8 Å². The van der Waals surface area contributed by atoms with Gasteiger partial charge in [0.2, 0.25) is 0 Å². The fourth-order valence-corrected chi connectivity index (χ4v) is 2.51. The number of nitrogens with one attached hydrogen (secondary N) is 2. The monoisotopic (exact) mass is 270 g/mol. The van der Waals surface area contributed by atoms with Crippen LogP contribution in [0.2, 0.25) is 0 Å². The molecule has 0 spiro atoms. The average Bonchev–Trinajstić information content (AvgIpc) is 2.98. The predicted molar refractivity (Wildman–Crippen MR) is 78.5 cm³/mol. The van der Waals surface area contributed by atoms with E-state index in [1.165, 1.54) is 10.8 Å². The first-order chi connectivity index (χ1) is 9.83. The Morgan fingerprint density at radius 3 is 2.90 bits per heavy atom. The van der Waals surface area contributed by atoms with Crippen LogP contribution in [-0.4, -0.2) is 25.3 Å². The van der Waals surface area contributed by atoms with Crippen molar-refractivity contribution in [2.45, 2.75) is 19.0 Å². The van der Waals surface area contributed by atoms with Crippen LogP contribution in [0, 0.1) is 0 Å². The molecule has 1 aliphatic rings. The molecule has 0 radical (unpaired) electrons. The van der Waals surface area contributed by atoms with Crippen molar-refractivity contribution in [2.75, 3.05) is 13.2 Å². The summed E-state index contributed by atoms with van der Waals surface area (Å²) in [6.45, 7) is 1.87. The minimum atomic E-state index is -0.131. The molecule has 0 aromatic heterocycles. The lowest BCUT2D eigenvalue weighted by Gasteiger charge is -2.12. The summed E-state index contributed by atoms with van der Waals surface area (Å²) in [5.41, 5.74) is 1.13. The standard InChI is InChI=1S/C16H18N2O2/c19-16(18-14-8-9-20-11-14)17-10-13-6-3-5-12-4-1-2-7-15(12)13/h1-7,14H,8-11H2,(H2,17,18,19). The summed E-state index contributed by atoms with van der Waals surface area (Å²) in [6, 6.07) is 14.3. The molecule has 20 heavy (non-hydrogen) atoms. The van der Waals surface area contributed by atoms with Gasteiger partial charge in [-0.25, -0.2) is 4.79 Å². The van der Waals surface area contributed by atoms with E-state index in [9.17, 15) is 4.79 Å². The normalized spacial score (nSPS) is 18.1. The van der Waals surface area contributed by atoms with E-state index in [0.717, 1.165) is 18.6 Å². The Morgan fingerprint density at radius 1 is 1.20 bits per heavy atom. The molecule has 1 atom stereocenters. The molecule has 2 amide bonds. The van der Waals surface area contributed by atoms with Gasteiger partial charge in [-0.2, -0.15) is 0 Å². The van der Waals surface area contributed by atoms with E-state index in [1.807, 2.05) is 24.3 Å². The fraction of sp³-hybridized carbons (Fsp3) is 0.312. The van der Waals surface area contributed by atoms with Gasteiger partial charge in [0.15, 0.2) is 0 Å². The Kier molecular flexibility index (Phi) is 3.83. The Labute approximate surface area is 118 Å². The van der Waals surface area contributed by atoms with Crippen molar-refractivity contribution >= 4 is 16.8 Å². The minimum Gasteiger partial charge on any atom is -0.379 e. The van der Waals surface area contributed by atoms with Crippen LogP contribution in [0.4, 0.5) is 4.79 Å². The maximum Gasteiger partial charge on any atom is 0.315 e. The maximum absolute atomic E-state index is 11.8. The second kappa shape index (κ2) is 5.92. The van der Waals surface area contributed by atoms with Crippen LogP contribution in [-0.2, 0) is 11.3 Å². The van der Waals surface area contributed by atoms with Crippen molar-refractivity contribution < 1.29 is 9.53 Å². The zero-order valence-corrected chi connectivity index (χ0v) is 11.3. The quantitative estimate of drug-likeness (QED) is 0.900. The lowest BCUT2D eigenvalue weighted by Crippen LogP contribution is -2.42. The first-order valence-electron chi connectivity index (χ1n) is 6.92. The molecule has 4 heteroatoms. The molecule has 1 unspecified atom stereocenters. The average molecular weight is 270 g/mol. The van der Waals surface area contributed by atoms with E-state index in [-0.39, 0.29) is 12.1 Å². The number of benzene rings is 2. The van der Waals surface area contributed by atoms with E-state index in [2.05, 4.69) is 28.8 Å². The molecule has 104 valence electrons. The number of carbonyl (C=O) groups excluding carboxylic acids is 1.